The van der Waals surface area contributed by atoms with Gasteiger partial charge in [0, 0.05) is 10.9 Å². The van der Waals surface area contributed by atoms with Crippen LogP contribution in [0.5, 0.6) is 0 Å². The van der Waals surface area contributed by atoms with Crippen molar-refractivity contribution in [2.75, 3.05) is 5.73 Å². The standard InChI is InChI=1S/C12H7F3N2S/c13-12(14,15)8-3-1-7(2-4-8)10-6-18-11(17)9(10)5-16/h1-4,6H,17H2. The van der Waals surface area contributed by atoms with Crippen molar-refractivity contribution >= 4 is 16.3 Å². The van der Waals surface area contributed by atoms with Gasteiger partial charge in [-0.05, 0) is 17.7 Å². The van der Waals surface area contributed by atoms with Crippen LogP contribution in [0.2, 0.25) is 0 Å². The van der Waals surface area contributed by atoms with E-state index in [-0.39, 0.29) is 0 Å². The molecule has 18 heavy (non-hydrogen) atoms. The molecular formula is C12H7F3N2S. The monoisotopic (exact) mass is 268 g/mol. The maximum absolute atomic E-state index is 12.4. The average molecular weight is 268 g/mol. The van der Waals surface area contributed by atoms with E-state index in [1.807, 2.05) is 6.07 Å². The molecule has 1 aromatic carbocycles. The highest BCUT2D eigenvalue weighted by Gasteiger charge is 2.30. The Morgan fingerprint density at radius 2 is 1.78 bits per heavy atom. The van der Waals surface area contributed by atoms with Crippen LogP contribution in [0, 0.1) is 11.3 Å². The molecule has 0 saturated heterocycles. The van der Waals surface area contributed by atoms with Crippen LogP contribution >= 0.6 is 11.3 Å². The van der Waals surface area contributed by atoms with Crippen molar-refractivity contribution in [3.8, 4) is 17.2 Å². The number of hydrogen-bond donors (Lipinski definition) is 1. The lowest BCUT2D eigenvalue weighted by atomic mass is 10.0. The second-order valence-corrected chi connectivity index (χ2v) is 4.49. The molecule has 1 aromatic heterocycles. The van der Waals surface area contributed by atoms with E-state index >= 15 is 0 Å². The van der Waals surface area contributed by atoms with E-state index in [1.54, 1.807) is 5.38 Å². The topological polar surface area (TPSA) is 49.8 Å². The minimum Gasteiger partial charge on any atom is -0.389 e. The molecular weight excluding hydrogens is 261 g/mol. The van der Waals surface area contributed by atoms with Gasteiger partial charge in [-0.3, -0.25) is 0 Å². The van der Waals surface area contributed by atoms with E-state index in [4.69, 9.17) is 11.0 Å². The molecule has 1 heterocycles. The lowest BCUT2D eigenvalue weighted by molar-refractivity contribution is -0.137. The molecule has 0 bridgehead atoms. The number of anilines is 1. The first-order chi connectivity index (χ1) is 8.43. The minimum absolute atomic E-state index is 0.305. The quantitative estimate of drug-likeness (QED) is 0.853. The van der Waals surface area contributed by atoms with Crippen LogP contribution in [0.1, 0.15) is 11.1 Å². The fraction of sp³-hybridized carbons (Fsp3) is 0.0833. The van der Waals surface area contributed by atoms with Crippen LogP contribution in [0.25, 0.3) is 11.1 Å². The summed E-state index contributed by atoms with van der Waals surface area (Å²) in [7, 11) is 0. The van der Waals surface area contributed by atoms with Gasteiger partial charge in [-0.25, -0.2) is 0 Å². The van der Waals surface area contributed by atoms with Crippen molar-refractivity contribution in [3.05, 3.63) is 40.8 Å². The fourth-order valence-corrected chi connectivity index (χ4v) is 2.31. The number of halogens is 3. The zero-order chi connectivity index (χ0) is 13.3. The van der Waals surface area contributed by atoms with Gasteiger partial charge >= 0.3 is 6.18 Å². The van der Waals surface area contributed by atoms with Gasteiger partial charge in [-0.2, -0.15) is 18.4 Å². The summed E-state index contributed by atoms with van der Waals surface area (Å²) in [6, 6.07) is 6.61. The van der Waals surface area contributed by atoms with Crippen molar-refractivity contribution in [3.63, 3.8) is 0 Å². The Morgan fingerprint density at radius 3 is 2.28 bits per heavy atom. The Balaban J connectivity index is 2.45. The first kappa shape index (κ1) is 12.5. The predicted molar refractivity (Wildman–Crippen MR) is 63.9 cm³/mol. The highest BCUT2D eigenvalue weighted by molar-refractivity contribution is 7.14. The van der Waals surface area contributed by atoms with Crippen molar-refractivity contribution in [2.45, 2.75) is 6.18 Å². The number of nitriles is 1. The molecule has 0 aliphatic rings. The van der Waals surface area contributed by atoms with Crippen LogP contribution in [0.15, 0.2) is 29.6 Å². The molecule has 6 heteroatoms. The molecule has 0 unspecified atom stereocenters. The second-order valence-electron chi connectivity index (χ2n) is 3.58. The van der Waals surface area contributed by atoms with Gasteiger partial charge in [0.15, 0.2) is 0 Å². The molecule has 0 amide bonds. The summed E-state index contributed by atoms with van der Waals surface area (Å²) in [6.45, 7) is 0. The lowest BCUT2D eigenvalue weighted by Crippen LogP contribution is -2.04. The molecule has 92 valence electrons. The van der Waals surface area contributed by atoms with E-state index in [0.29, 0.717) is 21.7 Å². The molecule has 2 rings (SSSR count). The van der Waals surface area contributed by atoms with Gasteiger partial charge in [0.05, 0.1) is 11.1 Å². The van der Waals surface area contributed by atoms with E-state index in [1.165, 1.54) is 23.5 Å². The van der Waals surface area contributed by atoms with Crippen molar-refractivity contribution in [1.29, 1.82) is 5.26 Å². The summed E-state index contributed by atoms with van der Waals surface area (Å²) in [6.07, 6.45) is -4.36. The number of benzene rings is 1. The number of thiophene rings is 1. The Bertz CT molecular complexity index is 606. The van der Waals surface area contributed by atoms with Crippen LogP contribution in [0.4, 0.5) is 18.2 Å². The number of hydrogen-bond acceptors (Lipinski definition) is 3. The van der Waals surface area contributed by atoms with Gasteiger partial charge in [0.2, 0.25) is 0 Å². The van der Waals surface area contributed by atoms with Gasteiger partial charge in [0.25, 0.3) is 0 Å². The lowest BCUT2D eigenvalue weighted by Gasteiger charge is -2.07. The number of rotatable bonds is 1. The number of alkyl halides is 3. The van der Waals surface area contributed by atoms with Gasteiger partial charge in [-0.1, -0.05) is 12.1 Å². The average Bonchev–Trinajstić information content (AvgIpc) is 2.69. The number of nitrogen functional groups attached to an aromatic ring is 1. The van der Waals surface area contributed by atoms with Crippen LogP contribution in [0.3, 0.4) is 0 Å². The summed E-state index contributed by atoms with van der Waals surface area (Å²) >= 11 is 1.19. The summed E-state index contributed by atoms with van der Waals surface area (Å²) in [5.41, 5.74) is 6.31. The highest BCUT2D eigenvalue weighted by Crippen LogP contribution is 2.35. The third-order valence-electron chi connectivity index (χ3n) is 2.45. The molecule has 0 spiro atoms. The smallest absolute Gasteiger partial charge is 0.389 e. The highest BCUT2D eigenvalue weighted by atomic mass is 32.1. The maximum atomic E-state index is 12.4. The predicted octanol–water partition coefficient (Wildman–Crippen LogP) is 3.89. The van der Waals surface area contributed by atoms with Crippen LogP contribution in [-0.2, 0) is 6.18 Å². The van der Waals surface area contributed by atoms with E-state index in [0.717, 1.165) is 12.1 Å². The summed E-state index contributed by atoms with van der Waals surface area (Å²) < 4.78 is 37.2. The molecule has 0 radical (unpaired) electrons. The Labute approximate surface area is 105 Å². The SMILES string of the molecule is N#Cc1c(-c2ccc(C(F)(F)F)cc2)csc1N. The summed E-state index contributed by atoms with van der Waals surface area (Å²) in [5, 5.41) is 11.0. The third-order valence-corrected chi connectivity index (χ3v) is 3.27. The largest absolute Gasteiger partial charge is 0.416 e. The molecule has 0 atom stereocenters. The third kappa shape index (κ3) is 2.17. The maximum Gasteiger partial charge on any atom is 0.416 e. The Kier molecular flexibility index (Phi) is 3.01. The summed E-state index contributed by atoms with van der Waals surface area (Å²) in [5.74, 6) is 0. The van der Waals surface area contributed by atoms with Gasteiger partial charge in [-0.15, -0.1) is 11.3 Å². The zero-order valence-electron chi connectivity index (χ0n) is 8.95. The molecule has 0 aliphatic carbocycles. The van der Waals surface area contributed by atoms with Gasteiger partial charge in [0.1, 0.15) is 11.1 Å². The second kappa shape index (κ2) is 4.35. The Hall–Kier alpha value is -2.00. The molecule has 0 aliphatic heterocycles. The number of nitrogens with two attached hydrogens (primary N) is 1. The molecule has 2 aromatic rings. The molecule has 0 saturated carbocycles. The Morgan fingerprint density at radius 1 is 1.17 bits per heavy atom. The van der Waals surface area contributed by atoms with E-state index in [2.05, 4.69) is 0 Å². The fourth-order valence-electron chi connectivity index (χ4n) is 1.54. The first-order valence-electron chi connectivity index (χ1n) is 4.88. The first-order valence-corrected chi connectivity index (χ1v) is 5.76. The van der Waals surface area contributed by atoms with Crippen molar-refractivity contribution in [2.24, 2.45) is 0 Å². The van der Waals surface area contributed by atoms with Crippen LogP contribution in [-0.4, -0.2) is 0 Å². The molecule has 2 N–H and O–H groups in total. The van der Waals surface area contributed by atoms with Crippen molar-refractivity contribution in [1.82, 2.24) is 0 Å². The van der Waals surface area contributed by atoms with Crippen molar-refractivity contribution < 1.29 is 13.2 Å². The minimum atomic E-state index is -4.36. The van der Waals surface area contributed by atoms with E-state index < -0.39 is 11.7 Å². The zero-order valence-corrected chi connectivity index (χ0v) is 9.77. The normalized spacial score (nSPS) is 11.2. The number of nitrogens with zero attached hydrogens (tertiary/aromatic N) is 1. The molecule has 2 nitrogen and oxygen atoms in total. The van der Waals surface area contributed by atoms with Gasteiger partial charge < -0.3 is 5.73 Å². The summed E-state index contributed by atoms with van der Waals surface area (Å²) in [4.78, 5) is 0. The van der Waals surface area contributed by atoms with Crippen LogP contribution < -0.4 is 5.73 Å². The van der Waals surface area contributed by atoms with E-state index in [9.17, 15) is 13.2 Å². The molecule has 0 fully saturated rings.